The lowest BCUT2D eigenvalue weighted by molar-refractivity contribution is -0.141. The van der Waals surface area contributed by atoms with Gasteiger partial charge in [-0.1, -0.05) is 29.3 Å². The van der Waals surface area contributed by atoms with Crippen LogP contribution < -0.4 is 4.90 Å². The summed E-state index contributed by atoms with van der Waals surface area (Å²) in [5, 5.41) is 9.70. The summed E-state index contributed by atoms with van der Waals surface area (Å²) in [6.07, 6.45) is -3.86. The summed E-state index contributed by atoms with van der Waals surface area (Å²) in [6, 6.07) is 4.17. The summed E-state index contributed by atoms with van der Waals surface area (Å²) < 4.78 is 39.8. The van der Waals surface area contributed by atoms with Crippen molar-refractivity contribution in [3.8, 4) is 11.3 Å². The molecular weight excluding hydrogens is 394 g/mol. The smallest absolute Gasteiger partial charge is 0.433 e. The first-order chi connectivity index (χ1) is 12.2. The van der Waals surface area contributed by atoms with Crippen molar-refractivity contribution in [1.82, 2.24) is 9.97 Å². The van der Waals surface area contributed by atoms with Crippen LogP contribution in [0.4, 0.5) is 19.1 Å². The Morgan fingerprint density at radius 2 is 1.92 bits per heavy atom. The van der Waals surface area contributed by atoms with Gasteiger partial charge in [-0.05, 0) is 31.0 Å². The lowest BCUT2D eigenvalue weighted by atomic mass is 10.1. The zero-order valence-corrected chi connectivity index (χ0v) is 14.6. The number of hydrogen-bond acceptors (Lipinski definition) is 4. The normalized spacial score (nSPS) is 17.6. The fraction of sp³-hybridized carbons (Fsp3) is 0.312. The highest BCUT2D eigenvalue weighted by Crippen LogP contribution is 2.35. The number of carbonyl (C=O) groups is 1. The van der Waals surface area contributed by atoms with E-state index in [-0.39, 0.29) is 28.2 Å². The summed E-state index contributed by atoms with van der Waals surface area (Å²) in [4.78, 5) is 20.3. The largest absolute Gasteiger partial charge is 0.480 e. The molecule has 0 unspecified atom stereocenters. The molecule has 1 aromatic carbocycles. The molecule has 5 nitrogen and oxygen atoms in total. The fourth-order valence-corrected chi connectivity index (χ4v) is 3.07. The second kappa shape index (κ2) is 6.92. The second-order valence-electron chi connectivity index (χ2n) is 5.75. The van der Waals surface area contributed by atoms with Gasteiger partial charge >= 0.3 is 12.1 Å². The SMILES string of the molecule is O=C(O)[C@H]1CCCN1c1nc(-c2ccc(Cl)c(Cl)c2)cc(C(F)(F)F)n1. The Hall–Kier alpha value is -2.06. The second-order valence-corrected chi connectivity index (χ2v) is 6.57. The van der Waals surface area contributed by atoms with E-state index in [1.54, 1.807) is 0 Å². The van der Waals surface area contributed by atoms with Gasteiger partial charge in [-0.15, -0.1) is 0 Å². The lowest BCUT2D eigenvalue weighted by Crippen LogP contribution is -2.37. The summed E-state index contributed by atoms with van der Waals surface area (Å²) in [5.74, 6) is -1.40. The van der Waals surface area contributed by atoms with Crippen molar-refractivity contribution < 1.29 is 23.1 Å². The van der Waals surface area contributed by atoms with Crippen molar-refractivity contribution in [2.24, 2.45) is 0 Å². The molecule has 0 aliphatic carbocycles. The Kier molecular flexibility index (Phi) is 4.98. The van der Waals surface area contributed by atoms with Gasteiger partial charge in [-0.3, -0.25) is 0 Å². The van der Waals surface area contributed by atoms with Gasteiger partial charge in [0.25, 0.3) is 0 Å². The Morgan fingerprint density at radius 1 is 1.19 bits per heavy atom. The van der Waals surface area contributed by atoms with E-state index in [0.29, 0.717) is 18.4 Å². The van der Waals surface area contributed by atoms with Gasteiger partial charge < -0.3 is 10.0 Å². The number of halogens is 5. The van der Waals surface area contributed by atoms with Crippen LogP contribution in [0.25, 0.3) is 11.3 Å². The van der Waals surface area contributed by atoms with Crippen molar-refractivity contribution in [2.45, 2.75) is 25.1 Å². The molecule has 0 bridgehead atoms. The maximum absolute atomic E-state index is 13.3. The summed E-state index contributed by atoms with van der Waals surface area (Å²) >= 11 is 11.8. The Morgan fingerprint density at radius 3 is 2.54 bits per heavy atom. The predicted octanol–water partition coefficient (Wildman–Crippen LogP) is 4.52. The molecule has 1 aromatic heterocycles. The topological polar surface area (TPSA) is 66.3 Å². The minimum absolute atomic E-state index is 0.0167. The molecule has 0 spiro atoms. The number of aliphatic carboxylic acids is 1. The maximum Gasteiger partial charge on any atom is 0.433 e. The van der Waals surface area contributed by atoms with Crippen molar-refractivity contribution >= 4 is 35.1 Å². The molecule has 1 fully saturated rings. The third-order valence-electron chi connectivity index (χ3n) is 4.01. The number of rotatable bonds is 3. The number of alkyl halides is 3. The summed E-state index contributed by atoms with van der Waals surface area (Å²) in [6.45, 7) is 0.263. The van der Waals surface area contributed by atoms with E-state index in [0.717, 1.165) is 6.07 Å². The van der Waals surface area contributed by atoms with E-state index in [4.69, 9.17) is 23.2 Å². The average molecular weight is 406 g/mol. The number of hydrogen-bond donors (Lipinski definition) is 1. The van der Waals surface area contributed by atoms with Gasteiger partial charge in [0.15, 0.2) is 5.69 Å². The quantitative estimate of drug-likeness (QED) is 0.812. The number of carboxylic acids is 1. The highest BCUT2D eigenvalue weighted by molar-refractivity contribution is 6.42. The van der Waals surface area contributed by atoms with Crippen LogP contribution >= 0.6 is 23.2 Å². The molecule has 10 heteroatoms. The van der Waals surface area contributed by atoms with E-state index in [1.807, 2.05) is 0 Å². The van der Waals surface area contributed by atoms with Crippen molar-refractivity contribution in [1.29, 1.82) is 0 Å². The molecule has 1 aliphatic rings. The molecule has 0 amide bonds. The first-order valence-electron chi connectivity index (χ1n) is 7.58. The number of aromatic nitrogens is 2. The molecule has 0 saturated carbocycles. The van der Waals surface area contributed by atoms with Gasteiger partial charge in [-0.2, -0.15) is 13.2 Å². The van der Waals surface area contributed by atoms with Gasteiger partial charge in [0.2, 0.25) is 5.95 Å². The Balaban J connectivity index is 2.13. The standard InChI is InChI=1S/C16H12Cl2F3N3O2/c17-9-4-3-8(6-10(9)18)11-7-13(16(19,20)21)23-15(22-11)24-5-1-2-12(24)14(25)26/h3-4,6-7,12H,1-2,5H2,(H,25,26)/t12-/m1/s1. The molecule has 2 heterocycles. The third kappa shape index (κ3) is 3.71. The van der Waals surface area contributed by atoms with Gasteiger partial charge in [0.05, 0.1) is 15.7 Å². The van der Waals surface area contributed by atoms with Crippen LogP contribution in [-0.4, -0.2) is 33.6 Å². The van der Waals surface area contributed by atoms with E-state index in [9.17, 15) is 23.1 Å². The molecular formula is C16H12Cl2F3N3O2. The molecule has 0 radical (unpaired) electrons. The van der Waals surface area contributed by atoms with Crippen LogP contribution in [0.5, 0.6) is 0 Å². The van der Waals surface area contributed by atoms with Gasteiger partial charge in [0.1, 0.15) is 6.04 Å². The number of carboxylic acid groups (broad SMARTS) is 1. The molecule has 2 aromatic rings. The van der Waals surface area contributed by atoms with E-state index < -0.39 is 23.9 Å². The van der Waals surface area contributed by atoms with Gasteiger partial charge in [0, 0.05) is 12.1 Å². The number of anilines is 1. The minimum Gasteiger partial charge on any atom is -0.480 e. The Bertz CT molecular complexity index is 861. The molecule has 1 saturated heterocycles. The van der Waals surface area contributed by atoms with Crippen LogP contribution in [-0.2, 0) is 11.0 Å². The average Bonchev–Trinajstić information content (AvgIpc) is 3.06. The maximum atomic E-state index is 13.3. The first-order valence-corrected chi connectivity index (χ1v) is 8.33. The van der Waals surface area contributed by atoms with Crippen LogP contribution in [0.3, 0.4) is 0 Å². The van der Waals surface area contributed by atoms with Crippen LogP contribution in [0.15, 0.2) is 24.3 Å². The number of benzene rings is 1. The Labute approximate surface area is 156 Å². The van der Waals surface area contributed by atoms with E-state index in [1.165, 1.54) is 23.1 Å². The monoisotopic (exact) mass is 405 g/mol. The molecule has 3 rings (SSSR count). The molecule has 138 valence electrons. The summed E-state index contributed by atoms with van der Waals surface area (Å²) in [5.41, 5.74) is -0.851. The zero-order valence-electron chi connectivity index (χ0n) is 13.1. The van der Waals surface area contributed by atoms with E-state index >= 15 is 0 Å². The first kappa shape index (κ1) is 18.7. The highest BCUT2D eigenvalue weighted by atomic mass is 35.5. The minimum atomic E-state index is -4.71. The number of nitrogens with zero attached hydrogens (tertiary/aromatic N) is 3. The van der Waals surface area contributed by atoms with Gasteiger partial charge in [-0.25, -0.2) is 14.8 Å². The fourth-order valence-electron chi connectivity index (χ4n) is 2.77. The van der Waals surface area contributed by atoms with Crippen LogP contribution in [0, 0.1) is 0 Å². The molecule has 1 atom stereocenters. The third-order valence-corrected chi connectivity index (χ3v) is 4.75. The van der Waals surface area contributed by atoms with Crippen molar-refractivity contribution in [3.05, 3.63) is 40.0 Å². The molecule has 1 aliphatic heterocycles. The zero-order chi connectivity index (χ0) is 19.1. The van der Waals surface area contributed by atoms with Crippen molar-refractivity contribution in [3.63, 3.8) is 0 Å². The molecule has 26 heavy (non-hydrogen) atoms. The highest BCUT2D eigenvalue weighted by Gasteiger charge is 2.37. The van der Waals surface area contributed by atoms with Crippen LogP contribution in [0.1, 0.15) is 18.5 Å². The summed E-state index contributed by atoms with van der Waals surface area (Å²) in [7, 11) is 0. The van der Waals surface area contributed by atoms with Crippen LogP contribution in [0.2, 0.25) is 10.0 Å². The predicted molar refractivity (Wildman–Crippen MR) is 90.5 cm³/mol. The molecule has 1 N–H and O–H groups in total. The van der Waals surface area contributed by atoms with Crippen molar-refractivity contribution in [2.75, 3.05) is 11.4 Å². The van der Waals surface area contributed by atoms with E-state index in [2.05, 4.69) is 9.97 Å². The lowest BCUT2D eigenvalue weighted by Gasteiger charge is -2.22.